The van der Waals surface area contributed by atoms with Gasteiger partial charge in [-0.05, 0) is 31.2 Å². The third-order valence-corrected chi connectivity index (χ3v) is 5.36. The molecule has 2 bridgehead atoms. The number of fused-ring (bicyclic) bond motifs is 4. The van der Waals surface area contributed by atoms with Crippen LogP contribution in [0.1, 0.15) is 31.2 Å². The van der Waals surface area contributed by atoms with Crippen molar-refractivity contribution >= 4 is 17.7 Å². The smallest absolute Gasteiger partial charge is 0.241 e. The molecule has 0 aromatic carbocycles. The molecule has 4 heterocycles. The molecule has 4 rings (SSSR count). The first kappa shape index (κ1) is 18.4. The van der Waals surface area contributed by atoms with Gasteiger partial charge in [0.15, 0.2) is 0 Å². The van der Waals surface area contributed by atoms with E-state index in [1.807, 2.05) is 11.1 Å². The summed E-state index contributed by atoms with van der Waals surface area (Å²) in [7, 11) is 3.39. The Hall–Kier alpha value is -2.38. The van der Waals surface area contributed by atoms with Crippen LogP contribution in [0.5, 0.6) is 0 Å². The van der Waals surface area contributed by atoms with Gasteiger partial charge in [0.1, 0.15) is 6.54 Å². The average molecular weight is 361 g/mol. The van der Waals surface area contributed by atoms with Crippen molar-refractivity contribution in [2.24, 2.45) is 5.92 Å². The minimum absolute atomic E-state index is 0.0187. The van der Waals surface area contributed by atoms with Gasteiger partial charge in [0.2, 0.25) is 17.7 Å². The molecule has 3 fully saturated rings. The van der Waals surface area contributed by atoms with E-state index in [0.717, 1.165) is 31.2 Å². The van der Waals surface area contributed by atoms with E-state index >= 15 is 0 Å². The molecule has 0 spiro atoms. The Morgan fingerprint density at radius 2 is 2.12 bits per heavy atom. The highest BCUT2D eigenvalue weighted by atomic mass is 16.2. The van der Waals surface area contributed by atoms with E-state index in [2.05, 4.69) is 10.2 Å². The van der Waals surface area contributed by atoms with Gasteiger partial charge < -0.3 is 14.7 Å². The summed E-state index contributed by atoms with van der Waals surface area (Å²) in [5, 5.41) is 6.68. The number of aromatic nitrogens is 2. The van der Waals surface area contributed by atoms with Crippen LogP contribution in [0.4, 0.5) is 0 Å². The van der Waals surface area contributed by atoms with Gasteiger partial charge in [0.25, 0.3) is 0 Å². The molecule has 26 heavy (non-hydrogen) atoms. The predicted molar refractivity (Wildman–Crippen MR) is 95.0 cm³/mol. The van der Waals surface area contributed by atoms with Crippen LogP contribution < -0.4 is 0 Å². The number of nitrogens with zero attached hydrogens (tertiary/aromatic N) is 4. The van der Waals surface area contributed by atoms with Gasteiger partial charge in [-0.2, -0.15) is 5.10 Å². The minimum Gasteiger partial charge on any atom is -0.347 e. The Bertz CT molecular complexity index is 658. The summed E-state index contributed by atoms with van der Waals surface area (Å²) in [6.45, 7) is 1.12. The van der Waals surface area contributed by atoms with E-state index in [1.165, 1.54) is 4.90 Å². The molecule has 0 saturated carbocycles. The molecular weight excluding hydrogens is 334 g/mol. The molecule has 8 heteroatoms. The van der Waals surface area contributed by atoms with Crippen LogP contribution in [0, 0.1) is 5.92 Å². The van der Waals surface area contributed by atoms with Crippen LogP contribution in [-0.4, -0.2) is 82.4 Å². The SMILES string of the molecule is CN(C)C(=O)CN1C(=O)[C@H]2CC[C@@H]1CN(C(=O)CCCc1cn[nH]c1)C2. The summed E-state index contributed by atoms with van der Waals surface area (Å²) in [5.41, 5.74) is 1.09. The predicted octanol–water partition coefficient (Wildman–Crippen LogP) is 0.270. The van der Waals surface area contributed by atoms with Crippen LogP contribution in [0.2, 0.25) is 0 Å². The fourth-order valence-electron chi connectivity index (χ4n) is 3.76. The fraction of sp³-hybridized carbons (Fsp3) is 0.667. The molecule has 3 aliphatic rings. The average Bonchev–Trinajstić information content (AvgIpc) is 2.97. The molecular formula is C18H27N5O3. The Labute approximate surface area is 153 Å². The summed E-state index contributed by atoms with van der Waals surface area (Å²) >= 11 is 0. The van der Waals surface area contributed by atoms with Crippen LogP contribution in [0.3, 0.4) is 0 Å². The normalized spacial score (nSPS) is 22.5. The zero-order chi connectivity index (χ0) is 18.7. The van der Waals surface area contributed by atoms with Gasteiger partial charge in [-0.1, -0.05) is 0 Å². The fourth-order valence-corrected chi connectivity index (χ4v) is 3.76. The van der Waals surface area contributed by atoms with Gasteiger partial charge >= 0.3 is 0 Å². The van der Waals surface area contributed by atoms with Crippen molar-refractivity contribution in [2.75, 3.05) is 33.7 Å². The quantitative estimate of drug-likeness (QED) is 0.788. The maximum absolute atomic E-state index is 12.7. The van der Waals surface area contributed by atoms with E-state index in [0.29, 0.717) is 19.5 Å². The van der Waals surface area contributed by atoms with Gasteiger partial charge in [-0.25, -0.2) is 0 Å². The first-order chi connectivity index (χ1) is 12.5. The highest BCUT2D eigenvalue weighted by Crippen LogP contribution is 2.29. The maximum Gasteiger partial charge on any atom is 0.241 e. The summed E-state index contributed by atoms with van der Waals surface area (Å²) in [6.07, 6.45) is 7.32. The largest absolute Gasteiger partial charge is 0.347 e. The molecule has 1 aromatic heterocycles. The van der Waals surface area contributed by atoms with Crippen molar-refractivity contribution in [2.45, 2.75) is 38.1 Å². The van der Waals surface area contributed by atoms with Crippen LogP contribution in [-0.2, 0) is 20.8 Å². The zero-order valence-corrected chi connectivity index (χ0v) is 15.5. The summed E-state index contributed by atoms with van der Waals surface area (Å²) in [4.78, 5) is 42.4. The zero-order valence-electron chi connectivity index (χ0n) is 15.5. The van der Waals surface area contributed by atoms with Crippen molar-refractivity contribution in [3.63, 3.8) is 0 Å². The molecule has 3 aliphatic heterocycles. The number of nitrogens with one attached hydrogen (secondary N) is 1. The molecule has 3 saturated heterocycles. The third kappa shape index (κ3) is 4.05. The van der Waals surface area contributed by atoms with Crippen molar-refractivity contribution in [3.05, 3.63) is 18.0 Å². The number of hydrogen-bond acceptors (Lipinski definition) is 4. The third-order valence-electron chi connectivity index (χ3n) is 5.36. The van der Waals surface area contributed by atoms with Crippen LogP contribution in [0.25, 0.3) is 0 Å². The number of carbonyl (C=O) groups is 3. The Morgan fingerprint density at radius 3 is 2.81 bits per heavy atom. The standard InChI is InChI=1S/C18H27N5O3/c1-21(2)17(25)12-23-15-7-6-14(18(23)26)10-22(11-15)16(24)5-3-4-13-8-19-20-9-13/h8-9,14-15H,3-7,10-12H2,1-2H3,(H,19,20)/t14-,15+/m0/s1. The minimum atomic E-state index is -0.179. The number of piperidine rings is 1. The number of amides is 3. The lowest BCUT2D eigenvalue weighted by Gasteiger charge is -2.35. The highest BCUT2D eigenvalue weighted by molar-refractivity contribution is 5.87. The number of carbonyl (C=O) groups excluding carboxylic acids is 3. The van der Waals surface area contributed by atoms with Gasteiger partial charge in [0.05, 0.1) is 12.1 Å². The van der Waals surface area contributed by atoms with Crippen molar-refractivity contribution in [1.29, 1.82) is 0 Å². The van der Waals surface area contributed by atoms with E-state index in [-0.39, 0.29) is 36.2 Å². The van der Waals surface area contributed by atoms with Crippen molar-refractivity contribution < 1.29 is 14.4 Å². The summed E-state index contributed by atoms with van der Waals surface area (Å²) < 4.78 is 0. The number of aromatic amines is 1. The van der Waals surface area contributed by atoms with Crippen molar-refractivity contribution in [3.8, 4) is 0 Å². The Kier molecular flexibility index (Phi) is 5.58. The molecule has 0 radical (unpaired) electrons. The topological polar surface area (TPSA) is 89.6 Å². The van der Waals surface area contributed by atoms with E-state index in [1.54, 1.807) is 25.2 Å². The highest BCUT2D eigenvalue weighted by Gasteiger charge is 2.42. The van der Waals surface area contributed by atoms with E-state index < -0.39 is 0 Å². The summed E-state index contributed by atoms with van der Waals surface area (Å²) in [6, 6.07) is -0.0528. The molecule has 1 N–H and O–H groups in total. The molecule has 0 aliphatic carbocycles. The van der Waals surface area contributed by atoms with Gasteiger partial charge in [-0.3, -0.25) is 19.5 Å². The molecule has 8 nitrogen and oxygen atoms in total. The molecule has 0 unspecified atom stereocenters. The molecule has 3 amide bonds. The maximum atomic E-state index is 12.7. The molecule has 1 aromatic rings. The Balaban J connectivity index is 1.58. The molecule has 2 atom stereocenters. The first-order valence-electron chi connectivity index (χ1n) is 9.21. The number of hydrogen-bond donors (Lipinski definition) is 1. The second kappa shape index (κ2) is 7.88. The number of aryl methyl sites for hydroxylation is 1. The number of likely N-dealkylation sites (N-methyl/N-ethyl adjacent to an activating group) is 1. The van der Waals surface area contributed by atoms with E-state index in [4.69, 9.17) is 0 Å². The summed E-state index contributed by atoms with van der Waals surface area (Å²) in [5.74, 6) is -0.144. The monoisotopic (exact) mass is 361 g/mol. The number of H-pyrrole nitrogens is 1. The lowest BCUT2D eigenvalue weighted by atomic mass is 9.94. The Morgan fingerprint density at radius 1 is 1.31 bits per heavy atom. The van der Waals surface area contributed by atoms with E-state index in [9.17, 15) is 14.4 Å². The van der Waals surface area contributed by atoms with Gasteiger partial charge in [0, 0.05) is 45.8 Å². The lowest BCUT2D eigenvalue weighted by Crippen LogP contribution is -2.51. The first-order valence-corrected chi connectivity index (χ1v) is 9.21. The van der Waals surface area contributed by atoms with Crippen molar-refractivity contribution in [1.82, 2.24) is 24.9 Å². The van der Waals surface area contributed by atoms with Gasteiger partial charge in [-0.15, -0.1) is 0 Å². The molecule has 142 valence electrons. The second-order valence-corrected chi connectivity index (χ2v) is 7.44. The number of rotatable bonds is 6. The lowest BCUT2D eigenvalue weighted by molar-refractivity contribution is -0.145. The van der Waals surface area contributed by atoms with Crippen LogP contribution in [0.15, 0.2) is 12.4 Å². The van der Waals surface area contributed by atoms with Crippen LogP contribution >= 0.6 is 0 Å². The second-order valence-electron chi connectivity index (χ2n) is 7.44.